The van der Waals surface area contributed by atoms with Crippen molar-refractivity contribution in [2.24, 2.45) is 4.99 Å². The first-order chi connectivity index (χ1) is 6.60. The Bertz CT molecular complexity index is 213. The summed E-state index contributed by atoms with van der Waals surface area (Å²) < 4.78 is 0.351. The van der Waals surface area contributed by atoms with Crippen molar-refractivity contribution in [3.8, 4) is 0 Å². The summed E-state index contributed by atoms with van der Waals surface area (Å²) in [6.45, 7) is 10.4. The number of rotatable bonds is 3. The van der Waals surface area contributed by atoms with E-state index in [1.165, 1.54) is 5.75 Å². The van der Waals surface area contributed by atoms with Crippen molar-refractivity contribution in [1.82, 2.24) is 10.6 Å². The molecule has 82 valence electrons. The molecule has 2 N–H and O–H groups in total. The standard InChI is InChI=1S/C10H21N3S/c1-5-11-9(12-6-2)13-8-7-14-10(8,3)4/h8H,5-7H2,1-4H3,(H2,11,12,13). The number of hydrogen-bond acceptors (Lipinski definition) is 2. The Morgan fingerprint density at radius 1 is 1.50 bits per heavy atom. The highest BCUT2D eigenvalue weighted by Crippen LogP contribution is 2.39. The number of guanidine groups is 1. The lowest BCUT2D eigenvalue weighted by Crippen LogP contribution is -2.58. The normalized spacial score (nSPS) is 25.4. The van der Waals surface area contributed by atoms with Crippen LogP contribution in [0.3, 0.4) is 0 Å². The highest BCUT2D eigenvalue weighted by Gasteiger charge is 2.39. The van der Waals surface area contributed by atoms with E-state index in [0.29, 0.717) is 10.8 Å². The van der Waals surface area contributed by atoms with Crippen molar-refractivity contribution in [3.05, 3.63) is 0 Å². The second kappa shape index (κ2) is 4.91. The fourth-order valence-corrected chi connectivity index (χ4v) is 2.50. The maximum Gasteiger partial charge on any atom is 0.191 e. The smallest absolute Gasteiger partial charge is 0.191 e. The van der Waals surface area contributed by atoms with Crippen molar-refractivity contribution in [3.63, 3.8) is 0 Å². The molecule has 3 nitrogen and oxygen atoms in total. The van der Waals surface area contributed by atoms with Gasteiger partial charge in [-0.2, -0.15) is 11.8 Å². The van der Waals surface area contributed by atoms with Gasteiger partial charge in [0.25, 0.3) is 0 Å². The van der Waals surface area contributed by atoms with Gasteiger partial charge >= 0.3 is 0 Å². The molecule has 0 radical (unpaired) electrons. The number of aliphatic imine (C=N–C) groups is 1. The van der Waals surface area contributed by atoms with Gasteiger partial charge in [0.1, 0.15) is 0 Å². The van der Waals surface area contributed by atoms with E-state index in [-0.39, 0.29) is 0 Å². The molecule has 1 rings (SSSR count). The molecule has 1 aliphatic rings. The third kappa shape index (κ3) is 2.80. The first-order valence-electron chi connectivity index (χ1n) is 5.29. The molecule has 14 heavy (non-hydrogen) atoms. The zero-order chi connectivity index (χ0) is 10.6. The molecule has 0 amide bonds. The summed E-state index contributed by atoms with van der Waals surface area (Å²) in [4.78, 5) is 4.39. The Morgan fingerprint density at radius 2 is 2.21 bits per heavy atom. The van der Waals surface area contributed by atoms with E-state index in [1.807, 2.05) is 11.8 Å². The van der Waals surface area contributed by atoms with Gasteiger partial charge < -0.3 is 10.6 Å². The molecule has 1 saturated heterocycles. The Hall–Kier alpha value is -0.380. The lowest BCUT2D eigenvalue weighted by atomic mass is 10.0. The summed E-state index contributed by atoms with van der Waals surface area (Å²) in [7, 11) is 0. The minimum atomic E-state index is 0.351. The molecule has 0 spiro atoms. The van der Waals surface area contributed by atoms with Crippen LogP contribution in [0.15, 0.2) is 4.99 Å². The van der Waals surface area contributed by atoms with E-state index in [2.05, 4.69) is 43.3 Å². The van der Waals surface area contributed by atoms with Crippen LogP contribution in [0.1, 0.15) is 27.7 Å². The number of nitrogens with one attached hydrogen (secondary N) is 2. The fourth-order valence-electron chi connectivity index (χ4n) is 1.36. The van der Waals surface area contributed by atoms with Gasteiger partial charge in [0.05, 0.1) is 6.04 Å². The van der Waals surface area contributed by atoms with Crippen LogP contribution in [0.25, 0.3) is 0 Å². The van der Waals surface area contributed by atoms with Gasteiger partial charge in [-0.3, -0.25) is 4.99 Å². The van der Waals surface area contributed by atoms with Crippen LogP contribution >= 0.6 is 11.8 Å². The molecule has 1 unspecified atom stereocenters. The van der Waals surface area contributed by atoms with E-state index >= 15 is 0 Å². The zero-order valence-electron chi connectivity index (χ0n) is 9.55. The molecule has 1 heterocycles. The average molecular weight is 215 g/mol. The van der Waals surface area contributed by atoms with Crippen LogP contribution in [0, 0.1) is 0 Å². The molecule has 1 atom stereocenters. The van der Waals surface area contributed by atoms with Gasteiger partial charge in [0.2, 0.25) is 0 Å². The van der Waals surface area contributed by atoms with Crippen LogP contribution in [-0.4, -0.2) is 35.6 Å². The second-order valence-corrected chi connectivity index (χ2v) is 5.64. The SMILES string of the molecule is CCN=C(NCC)NC1CSC1(C)C. The maximum absolute atomic E-state index is 4.39. The van der Waals surface area contributed by atoms with Crippen molar-refractivity contribution in [2.45, 2.75) is 38.5 Å². The predicted molar refractivity (Wildman–Crippen MR) is 65.1 cm³/mol. The predicted octanol–water partition coefficient (Wildman–Crippen LogP) is 1.46. The van der Waals surface area contributed by atoms with Gasteiger partial charge in [-0.25, -0.2) is 0 Å². The van der Waals surface area contributed by atoms with Crippen molar-refractivity contribution in [2.75, 3.05) is 18.8 Å². The van der Waals surface area contributed by atoms with E-state index < -0.39 is 0 Å². The second-order valence-electron chi connectivity index (χ2n) is 3.96. The quantitative estimate of drug-likeness (QED) is 0.553. The van der Waals surface area contributed by atoms with Crippen LogP contribution in [0.5, 0.6) is 0 Å². The van der Waals surface area contributed by atoms with Crippen LogP contribution in [-0.2, 0) is 0 Å². The van der Waals surface area contributed by atoms with Gasteiger partial charge in [-0.1, -0.05) is 0 Å². The molecule has 1 fully saturated rings. The minimum Gasteiger partial charge on any atom is -0.357 e. The van der Waals surface area contributed by atoms with Crippen molar-refractivity contribution in [1.29, 1.82) is 0 Å². The summed E-state index contributed by atoms with van der Waals surface area (Å²) in [5.41, 5.74) is 0. The summed E-state index contributed by atoms with van der Waals surface area (Å²) in [5, 5.41) is 6.71. The molecule has 1 aliphatic heterocycles. The van der Waals surface area contributed by atoms with Gasteiger partial charge in [-0.05, 0) is 27.7 Å². The first-order valence-corrected chi connectivity index (χ1v) is 6.27. The molecular formula is C10H21N3S. The van der Waals surface area contributed by atoms with Crippen LogP contribution in [0.2, 0.25) is 0 Å². The zero-order valence-corrected chi connectivity index (χ0v) is 10.4. The molecule has 0 aromatic rings. The maximum atomic E-state index is 4.39. The fraction of sp³-hybridized carbons (Fsp3) is 0.900. The third-order valence-corrected chi connectivity index (χ3v) is 3.96. The molecule has 0 aromatic heterocycles. The molecule has 0 saturated carbocycles. The lowest BCUT2D eigenvalue weighted by molar-refractivity contribution is 0.493. The van der Waals surface area contributed by atoms with E-state index in [4.69, 9.17) is 0 Å². The first kappa shape index (κ1) is 11.7. The topological polar surface area (TPSA) is 36.4 Å². The highest BCUT2D eigenvalue weighted by atomic mass is 32.2. The Morgan fingerprint density at radius 3 is 2.57 bits per heavy atom. The van der Waals surface area contributed by atoms with Gasteiger partial charge in [0, 0.05) is 23.6 Å². The molecule has 0 aromatic carbocycles. The Labute approximate surface area is 91.1 Å². The number of hydrogen-bond donors (Lipinski definition) is 2. The van der Waals surface area contributed by atoms with E-state index in [1.54, 1.807) is 0 Å². The summed E-state index contributed by atoms with van der Waals surface area (Å²) >= 11 is 2.00. The number of nitrogens with zero attached hydrogens (tertiary/aromatic N) is 1. The van der Waals surface area contributed by atoms with E-state index in [0.717, 1.165) is 19.0 Å². The van der Waals surface area contributed by atoms with Crippen molar-refractivity contribution < 1.29 is 0 Å². The summed E-state index contributed by atoms with van der Waals surface area (Å²) in [6, 6.07) is 0.553. The highest BCUT2D eigenvalue weighted by molar-refractivity contribution is 8.02. The number of thioether (sulfide) groups is 1. The van der Waals surface area contributed by atoms with Crippen LogP contribution in [0.4, 0.5) is 0 Å². The average Bonchev–Trinajstić information content (AvgIpc) is 2.13. The Balaban J connectivity index is 2.44. The molecule has 0 aliphatic carbocycles. The van der Waals surface area contributed by atoms with E-state index in [9.17, 15) is 0 Å². The molecule has 0 bridgehead atoms. The minimum absolute atomic E-state index is 0.351. The lowest BCUT2D eigenvalue weighted by Gasteiger charge is -2.44. The van der Waals surface area contributed by atoms with Crippen molar-refractivity contribution >= 4 is 17.7 Å². The summed E-state index contributed by atoms with van der Waals surface area (Å²) in [5.74, 6) is 2.13. The van der Waals surface area contributed by atoms with Gasteiger partial charge in [0.15, 0.2) is 5.96 Å². The molecular weight excluding hydrogens is 194 g/mol. The monoisotopic (exact) mass is 215 g/mol. The van der Waals surface area contributed by atoms with Crippen LogP contribution < -0.4 is 10.6 Å². The third-order valence-electron chi connectivity index (χ3n) is 2.43. The van der Waals surface area contributed by atoms with Gasteiger partial charge in [-0.15, -0.1) is 0 Å². The Kier molecular flexibility index (Phi) is 4.11. The molecule has 4 heteroatoms. The largest absolute Gasteiger partial charge is 0.357 e. The summed E-state index contributed by atoms with van der Waals surface area (Å²) in [6.07, 6.45) is 0.